The van der Waals surface area contributed by atoms with Gasteiger partial charge in [0.1, 0.15) is 9.73 Å². The van der Waals surface area contributed by atoms with Crippen molar-refractivity contribution in [3.8, 4) is 11.1 Å². The summed E-state index contributed by atoms with van der Waals surface area (Å²) in [6.45, 7) is 0. The first kappa shape index (κ1) is 21.6. The SMILES string of the molecule is N=S(=O)(c1cccc(NC(=O)Cc2cc3cc(-c4ccccc4)ccc3cn2)c1)C(F)F. The van der Waals surface area contributed by atoms with E-state index >= 15 is 0 Å². The molecule has 0 aliphatic carbocycles. The van der Waals surface area contributed by atoms with Crippen LogP contribution in [0.3, 0.4) is 0 Å². The Kier molecular flexibility index (Phi) is 5.96. The summed E-state index contributed by atoms with van der Waals surface area (Å²) in [7, 11) is -4.24. The van der Waals surface area contributed by atoms with Crippen LogP contribution in [-0.2, 0) is 20.9 Å². The van der Waals surface area contributed by atoms with Crippen LogP contribution < -0.4 is 5.32 Å². The van der Waals surface area contributed by atoms with Gasteiger partial charge in [-0.2, -0.15) is 8.78 Å². The van der Waals surface area contributed by atoms with Crippen LogP contribution in [0.1, 0.15) is 5.69 Å². The van der Waals surface area contributed by atoms with Gasteiger partial charge in [0.15, 0.2) is 0 Å². The molecular weight excluding hydrogens is 432 g/mol. The second-order valence-electron chi connectivity index (χ2n) is 7.22. The number of nitrogens with one attached hydrogen (secondary N) is 2. The van der Waals surface area contributed by atoms with Crippen molar-refractivity contribution in [3.05, 3.63) is 90.8 Å². The summed E-state index contributed by atoms with van der Waals surface area (Å²) >= 11 is 0. The average molecular weight is 451 g/mol. The van der Waals surface area contributed by atoms with Crippen molar-refractivity contribution in [2.75, 3.05) is 5.32 Å². The molecule has 3 aromatic carbocycles. The molecule has 8 heteroatoms. The molecule has 1 aromatic heterocycles. The number of carbonyl (C=O) groups is 1. The van der Waals surface area contributed by atoms with Crippen LogP contribution in [0.4, 0.5) is 14.5 Å². The molecule has 0 saturated heterocycles. The molecule has 0 spiro atoms. The predicted molar refractivity (Wildman–Crippen MR) is 121 cm³/mol. The molecule has 162 valence electrons. The Bertz CT molecular complexity index is 1390. The summed E-state index contributed by atoms with van der Waals surface area (Å²) in [5.41, 5.74) is 2.88. The maximum atomic E-state index is 12.9. The number of alkyl halides is 2. The molecule has 0 fully saturated rings. The molecule has 0 saturated carbocycles. The molecule has 1 amide bonds. The Morgan fingerprint density at radius 2 is 1.72 bits per heavy atom. The summed E-state index contributed by atoms with van der Waals surface area (Å²) in [5.74, 6) is -3.71. The van der Waals surface area contributed by atoms with E-state index in [2.05, 4.69) is 10.3 Å². The minimum absolute atomic E-state index is 0.0270. The van der Waals surface area contributed by atoms with Gasteiger partial charge >= 0.3 is 5.76 Å². The van der Waals surface area contributed by atoms with E-state index in [0.29, 0.717) is 5.69 Å². The van der Waals surface area contributed by atoms with Crippen LogP contribution in [0.25, 0.3) is 21.9 Å². The lowest BCUT2D eigenvalue weighted by Crippen LogP contribution is -2.16. The number of benzene rings is 3. The van der Waals surface area contributed by atoms with E-state index in [-0.39, 0.29) is 17.0 Å². The molecule has 5 nitrogen and oxygen atoms in total. The molecule has 1 unspecified atom stereocenters. The monoisotopic (exact) mass is 451 g/mol. The topological polar surface area (TPSA) is 82.9 Å². The van der Waals surface area contributed by atoms with Gasteiger partial charge in [0, 0.05) is 17.3 Å². The molecular formula is C24H19F2N3O2S. The van der Waals surface area contributed by atoms with Crippen LogP contribution in [0.2, 0.25) is 0 Å². The second-order valence-corrected chi connectivity index (χ2v) is 9.25. The van der Waals surface area contributed by atoms with E-state index in [1.54, 1.807) is 6.20 Å². The number of amides is 1. The van der Waals surface area contributed by atoms with E-state index in [9.17, 15) is 17.8 Å². The Morgan fingerprint density at radius 1 is 0.938 bits per heavy atom. The van der Waals surface area contributed by atoms with Gasteiger partial charge in [-0.15, -0.1) is 0 Å². The maximum absolute atomic E-state index is 12.9. The highest BCUT2D eigenvalue weighted by Crippen LogP contribution is 2.25. The van der Waals surface area contributed by atoms with Crippen molar-refractivity contribution in [2.45, 2.75) is 17.1 Å². The van der Waals surface area contributed by atoms with Gasteiger partial charge < -0.3 is 5.32 Å². The number of aromatic nitrogens is 1. The number of hydrogen-bond donors (Lipinski definition) is 2. The summed E-state index contributed by atoms with van der Waals surface area (Å²) in [6, 6.07) is 23.0. The lowest BCUT2D eigenvalue weighted by molar-refractivity contribution is -0.115. The minimum Gasteiger partial charge on any atom is -0.326 e. The summed E-state index contributed by atoms with van der Waals surface area (Å²) in [6.07, 6.45) is 1.67. The zero-order chi connectivity index (χ0) is 22.7. The highest BCUT2D eigenvalue weighted by molar-refractivity contribution is 7.92. The number of anilines is 1. The number of fused-ring (bicyclic) bond motifs is 1. The molecule has 2 N–H and O–H groups in total. The number of carbonyl (C=O) groups excluding carboxylic acids is 1. The van der Waals surface area contributed by atoms with Crippen LogP contribution >= 0.6 is 0 Å². The molecule has 4 aromatic rings. The number of rotatable bonds is 6. The van der Waals surface area contributed by atoms with Crippen molar-refractivity contribution >= 4 is 32.1 Å². The number of halogens is 2. The predicted octanol–water partition coefficient (Wildman–Crippen LogP) is 5.71. The van der Waals surface area contributed by atoms with Gasteiger partial charge in [0.25, 0.3) is 0 Å². The van der Waals surface area contributed by atoms with Crippen molar-refractivity contribution < 1.29 is 17.8 Å². The Morgan fingerprint density at radius 3 is 2.47 bits per heavy atom. The fraction of sp³-hybridized carbons (Fsp3) is 0.0833. The third kappa shape index (κ3) is 4.65. The van der Waals surface area contributed by atoms with Crippen molar-refractivity contribution in [1.29, 1.82) is 4.78 Å². The molecule has 0 aliphatic heterocycles. The molecule has 0 radical (unpaired) electrons. The molecule has 0 aliphatic rings. The first-order valence-corrected chi connectivity index (χ1v) is 11.3. The second kappa shape index (κ2) is 8.84. The molecule has 1 heterocycles. The third-order valence-corrected chi connectivity index (χ3v) is 6.40. The quantitative estimate of drug-likeness (QED) is 0.394. The normalized spacial score (nSPS) is 13.1. The first-order valence-electron chi connectivity index (χ1n) is 9.73. The fourth-order valence-electron chi connectivity index (χ4n) is 3.33. The van der Waals surface area contributed by atoms with Crippen molar-refractivity contribution in [2.24, 2.45) is 0 Å². The highest BCUT2D eigenvalue weighted by Gasteiger charge is 2.22. The number of hydrogen-bond acceptors (Lipinski definition) is 4. The van der Waals surface area contributed by atoms with Gasteiger partial charge in [0.2, 0.25) is 5.91 Å². The van der Waals surface area contributed by atoms with E-state index in [1.807, 2.05) is 54.6 Å². The van der Waals surface area contributed by atoms with Crippen molar-refractivity contribution in [3.63, 3.8) is 0 Å². The first-order chi connectivity index (χ1) is 15.3. The maximum Gasteiger partial charge on any atom is 0.323 e. The standard InChI is InChI=1S/C24H19F2N3O2S/c25-24(26)32(27,31)22-8-4-7-20(13-22)29-23(30)14-21-12-19-11-17(9-10-18(19)15-28-21)16-5-2-1-3-6-16/h1-13,15,24,27H,14H2,(H,29,30). The molecule has 1 atom stereocenters. The van der Waals surface area contributed by atoms with Crippen LogP contribution in [0.5, 0.6) is 0 Å². The van der Waals surface area contributed by atoms with Gasteiger partial charge in [-0.05, 0) is 46.8 Å². The lowest BCUT2D eigenvalue weighted by atomic mass is 10.0. The average Bonchev–Trinajstić information content (AvgIpc) is 2.79. The zero-order valence-corrected chi connectivity index (χ0v) is 17.6. The van der Waals surface area contributed by atoms with Crippen molar-refractivity contribution in [1.82, 2.24) is 4.98 Å². The fourth-order valence-corrected chi connectivity index (χ4v) is 4.12. The third-order valence-electron chi connectivity index (χ3n) is 4.95. The summed E-state index contributed by atoms with van der Waals surface area (Å²) in [5, 5.41) is 4.48. The van der Waals surface area contributed by atoms with E-state index in [0.717, 1.165) is 28.0 Å². The lowest BCUT2D eigenvalue weighted by Gasteiger charge is -2.10. The zero-order valence-electron chi connectivity index (χ0n) is 16.8. The molecule has 32 heavy (non-hydrogen) atoms. The number of pyridine rings is 1. The summed E-state index contributed by atoms with van der Waals surface area (Å²) < 4.78 is 45.0. The minimum atomic E-state index is -4.24. The Hall–Kier alpha value is -3.65. The highest BCUT2D eigenvalue weighted by atomic mass is 32.2. The summed E-state index contributed by atoms with van der Waals surface area (Å²) in [4.78, 5) is 16.5. The van der Waals surface area contributed by atoms with Gasteiger partial charge in [-0.1, -0.05) is 48.5 Å². The number of nitrogens with zero attached hydrogens (tertiary/aromatic N) is 1. The van der Waals surface area contributed by atoms with Gasteiger partial charge in [-0.25, -0.2) is 8.99 Å². The van der Waals surface area contributed by atoms with Crippen LogP contribution in [0.15, 0.2) is 90.0 Å². The molecule has 4 rings (SSSR count). The Balaban J connectivity index is 1.53. The molecule has 0 bridgehead atoms. The van der Waals surface area contributed by atoms with Gasteiger partial charge in [0.05, 0.1) is 17.0 Å². The van der Waals surface area contributed by atoms with Gasteiger partial charge in [-0.3, -0.25) is 9.78 Å². The smallest absolute Gasteiger partial charge is 0.323 e. The largest absolute Gasteiger partial charge is 0.326 e. The van der Waals surface area contributed by atoms with E-state index in [1.165, 1.54) is 18.2 Å². The van der Waals surface area contributed by atoms with Crippen LogP contribution in [0, 0.1) is 4.78 Å². The Labute approximate surface area is 184 Å². The van der Waals surface area contributed by atoms with E-state index in [4.69, 9.17) is 4.78 Å². The van der Waals surface area contributed by atoms with Crippen LogP contribution in [-0.4, -0.2) is 20.9 Å². The van der Waals surface area contributed by atoms with E-state index < -0.39 is 21.4 Å².